The molecule has 78 valence electrons. The van der Waals surface area contributed by atoms with Crippen LogP contribution in [0.25, 0.3) is 0 Å². The zero-order chi connectivity index (χ0) is 10.6. The highest BCUT2D eigenvalue weighted by Gasteiger charge is 2.15. The molecule has 0 aliphatic rings. The van der Waals surface area contributed by atoms with Crippen LogP contribution in [0.1, 0.15) is 11.7 Å². The minimum atomic E-state index is -2.80. The molecule has 1 rings (SSSR count). The minimum absolute atomic E-state index is 0.0337. The Balaban J connectivity index is 2.73. The van der Waals surface area contributed by atoms with Crippen molar-refractivity contribution in [1.82, 2.24) is 0 Å². The predicted molar refractivity (Wildman–Crippen MR) is 53.0 cm³/mol. The third-order valence-electron chi connectivity index (χ3n) is 1.72. The Labute approximate surface area is 89.2 Å². The summed E-state index contributed by atoms with van der Waals surface area (Å²) in [6.45, 7) is -2.77. The molecule has 1 atom stereocenters. The second kappa shape index (κ2) is 5.38. The summed E-state index contributed by atoms with van der Waals surface area (Å²) in [5, 5.41) is 0. The van der Waals surface area contributed by atoms with Gasteiger partial charge in [0.25, 0.3) is 0 Å². The number of rotatable bonds is 4. The number of halogens is 3. The maximum absolute atomic E-state index is 11.9. The first-order valence-corrected chi connectivity index (χ1v) is 4.82. The van der Waals surface area contributed by atoms with Crippen molar-refractivity contribution in [2.24, 2.45) is 5.73 Å². The largest absolute Gasteiger partial charge is 0.345 e. The van der Waals surface area contributed by atoms with Crippen LogP contribution in [0.3, 0.4) is 0 Å². The molecule has 14 heavy (non-hydrogen) atoms. The van der Waals surface area contributed by atoms with E-state index in [9.17, 15) is 8.78 Å². The van der Waals surface area contributed by atoms with Gasteiger partial charge in [0.1, 0.15) is 6.10 Å². The lowest BCUT2D eigenvalue weighted by Gasteiger charge is -2.15. The van der Waals surface area contributed by atoms with Crippen molar-refractivity contribution in [3.8, 4) is 0 Å². The van der Waals surface area contributed by atoms with Crippen LogP contribution in [0.5, 0.6) is 0 Å². The van der Waals surface area contributed by atoms with Crippen molar-refractivity contribution in [3.05, 3.63) is 34.3 Å². The van der Waals surface area contributed by atoms with E-state index in [4.69, 9.17) is 5.73 Å². The SMILES string of the molecule is NCC(OC(F)F)c1ccc(Br)cc1. The predicted octanol–water partition coefficient (Wildman–Crippen LogP) is 2.69. The van der Waals surface area contributed by atoms with E-state index in [0.717, 1.165) is 4.47 Å². The summed E-state index contributed by atoms with van der Waals surface area (Å²) in [6.07, 6.45) is -0.747. The first-order valence-electron chi connectivity index (χ1n) is 4.02. The van der Waals surface area contributed by atoms with Crippen molar-refractivity contribution in [2.45, 2.75) is 12.7 Å². The highest BCUT2D eigenvalue weighted by atomic mass is 79.9. The highest BCUT2D eigenvalue weighted by Crippen LogP contribution is 2.21. The summed E-state index contributed by atoms with van der Waals surface area (Å²) < 4.78 is 29.1. The molecular weight excluding hydrogens is 256 g/mol. The zero-order valence-electron chi connectivity index (χ0n) is 7.29. The Morgan fingerprint density at radius 2 is 1.86 bits per heavy atom. The Kier molecular flexibility index (Phi) is 4.44. The molecule has 2 nitrogen and oxygen atoms in total. The third-order valence-corrected chi connectivity index (χ3v) is 2.25. The van der Waals surface area contributed by atoms with Crippen LogP contribution >= 0.6 is 15.9 Å². The molecule has 1 aromatic rings. The molecule has 0 saturated heterocycles. The van der Waals surface area contributed by atoms with Crippen molar-refractivity contribution in [2.75, 3.05) is 6.54 Å². The number of alkyl halides is 2. The van der Waals surface area contributed by atoms with E-state index in [0.29, 0.717) is 5.56 Å². The zero-order valence-corrected chi connectivity index (χ0v) is 8.88. The molecule has 0 radical (unpaired) electrons. The van der Waals surface area contributed by atoms with Crippen molar-refractivity contribution >= 4 is 15.9 Å². The van der Waals surface area contributed by atoms with Gasteiger partial charge in [-0.2, -0.15) is 8.78 Å². The van der Waals surface area contributed by atoms with Crippen LogP contribution in [0.4, 0.5) is 8.78 Å². The fourth-order valence-electron chi connectivity index (χ4n) is 1.07. The molecular formula is C9H10BrF2NO. The molecule has 0 bridgehead atoms. The quantitative estimate of drug-likeness (QED) is 0.909. The lowest BCUT2D eigenvalue weighted by molar-refractivity contribution is -0.162. The fourth-order valence-corrected chi connectivity index (χ4v) is 1.34. The molecule has 0 heterocycles. The Bertz CT molecular complexity index is 279. The summed E-state index contributed by atoms with van der Waals surface area (Å²) >= 11 is 3.25. The Morgan fingerprint density at radius 1 is 1.29 bits per heavy atom. The van der Waals surface area contributed by atoms with Crippen LogP contribution in [0.2, 0.25) is 0 Å². The number of hydrogen-bond donors (Lipinski definition) is 1. The molecule has 0 aromatic heterocycles. The molecule has 0 saturated carbocycles. The van der Waals surface area contributed by atoms with Gasteiger partial charge in [0.05, 0.1) is 0 Å². The van der Waals surface area contributed by atoms with Crippen LogP contribution in [0.15, 0.2) is 28.7 Å². The van der Waals surface area contributed by atoms with E-state index in [1.54, 1.807) is 24.3 Å². The molecule has 0 fully saturated rings. The lowest BCUT2D eigenvalue weighted by Crippen LogP contribution is -2.18. The van der Waals surface area contributed by atoms with Gasteiger partial charge in [-0.25, -0.2) is 0 Å². The molecule has 0 spiro atoms. The molecule has 5 heteroatoms. The second-order valence-electron chi connectivity index (χ2n) is 2.67. The number of benzene rings is 1. The topological polar surface area (TPSA) is 35.2 Å². The van der Waals surface area contributed by atoms with Gasteiger partial charge < -0.3 is 10.5 Å². The van der Waals surface area contributed by atoms with Crippen LogP contribution in [-0.4, -0.2) is 13.2 Å². The van der Waals surface area contributed by atoms with Gasteiger partial charge in [0, 0.05) is 11.0 Å². The third kappa shape index (κ3) is 3.32. The number of nitrogens with two attached hydrogens (primary N) is 1. The summed E-state index contributed by atoms with van der Waals surface area (Å²) in [7, 11) is 0. The fraction of sp³-hybridized carbons (Fsp3) is 0.333. The molecule has 2 N–H and O–H groups in total. The van der Waals surface area contributed by atoms with Crippen molar-refractivity contribution in [1.29, 1.82) is 0 Å². The average molecular weight is 266 g/mol. The van der Waals surface area contributed by atoms with E-state index in [1.807, 2.05) is 0 Å². The van der Waals surface area contributed by atoms with E-state index < -0.39 is 12.7 Å². The van der Waals surface area contributed by atoms with Gasteiger partial charge >= 0.3 is 6.61 Å². The number of hydrogen-bond acceptors (Lipinski definition) is 2. The van der Waals surface area contributed by atoms with Gasteiger partial charge in [-0.3, -0.25) is 0 Å². The Hall–Kier alpha value is -0.520. The number of ether oxygens (including phenoxy) is 1. The van der Waals surface area contributed by atoms with Gasteiger partial charge in [0.2, 0.25) is 0 Å². The molecule has 0 amide bonds. The van der Waals surface area contributed by atoms with Gasteiger partial charge in [-0.15, -0.1) is 0 Å². The summed E-state index contributed by atoms with van der Waals surface area (Å²) in [5.41, 5.74) is 5.97. The van der Waals surface area contributed by atoms with Gasteiger partial charge in [-0.05, 0) is 17.7 Å². The van der Waals surface area contributed by atoms with Gasteiger partial charge in [0.15, 0.2) is 0 Å². The molecule has 0 aliphatic carbocycles. The average Bonchev–Trinajstić information content (AvgIpc) is 2.15. The first kappa shape index (κ1) is 11.6. The molecule has 0 aliphatic heterocycles. The van der Waals surface area contributed by atoms with Crippen LogP contribution in [-0.2, 0) is 4.74 Å². The summed E-state index contributed by atoms with van der Waals surface area (Å²) in [5.74, 6) is 0. The monoisotopic (exact) mass is 265 g/mol. The normalized spacial score (nSPS) is 13.2. The van der Waals surface area contributed by atoms with E-state index >= 15 is 0 Å². The van der Waals surface area contributed by atoms with E-state index in [-0.39, 0.29) is 6.54 Å². The van der Waals surface area contributed by atoms with Crippen molar-refractivity contribution < 1.29 is 13.5 Å². The van der Waals surface area contributed by atoms with Crippen molar-refractivity contribution in [3.63, 3.8) is 0 Å². The van der Waals surface area contributed by atoms with Crippen LogP contribution in [0, 0.1) is 0 Å². The summed E-state index contributed by atoms with van der Waals surface area (Å²) in [4.78, 5) is 0. The summed E-state index contributed by atoms with van der Waals surface area (Å²) in [6, 6.07) is 6.91. The van der Waals surface area contributed by atoms with Crippen LogP contribution < -0.4 is 5.73 Å². The lowest BCUT2D eigenvalue weighted by atomic mass is 10.1. The first-order chi connectivity index (χ1) is 6.63. The maximum Gasteiger partial charge on any atom is 0.345 e. The Morgan fingerprint density at radius 3 is 2.29 bits per heavy atom. The van der Waals surface area contributed by atoms with E-state index in [1.165, 1.54) is 0 Å². The highest BCUT2D eigenvalue weighted by molar-refractivity contribution is 9.10. The molecule has 1 aromatic carbocycles. The molecule has 1 unspecified atom stereocenters. The van der Waals surface area contributed by atoms with E-state index in [2.05, 4.69) is 20.7 Å². The minimum Gasteiger partial charge on any atom is -0.328 e. The standard InChI is InChI=1S/C9H10BrF2NO/c10-7-3-1-6(2-4-7)8(5-13)14-9(11)12/h1-4,8-9H,5,13H2. The second-order valence-corrected chi connectivity index (χ2v) is 3.59. The van der Waals surface area contributed by atoms with Gasteiger partial charge in [-0.1, -0.05) is 28.1 Å². The maximum atomic E-state index is 11.9. The smallest absolute Gasteiger partial charge is 0.328 e.